The number of aliphatic hydroxyl groups is 1. The van der Waals surface area contributed by atoms with E-state index in [-0.39, 0.29) is 26.2 Å². The molecule has 2 N–H and O–H groups in total. The monoisotopic (exact) mass is 346 g/mol. The predicted octanol–water partition coefficient (Wildman–Crippen LogP) is 1.38. The standard InChI is InChI=1S/C14H23N2O6P/c1-4-21-23(20,22-5-2)9-7-12(17)6-8-16-10-11(3)13(18)15-14(16)19/h7,9-10,12,17H,4-6,8H2,1-3H3,(H,15,18,19)/b9-7+/t12-/m1/s1. The first-order chi connectivity index (χ1) is 10.8. The van der Waals surface area contributed by atoms with E-state index in [0.29, 0.717) is 5.56 Å². The van der Waals surface area contributed by atoms with Crippen LogP contribution in [0.15, 0.2) is 27.7 Å². The first-order valence-corrected chi connectivity index (χ1v) is 8.99. The summed E-state index contributed by atoms with van der Waals surface area (Å²) in [6, 6.07) is 0. The van der Waals surface area contributed by atoms with Gasteiger partial charge in [0.25, 0.3) is 5.56 Å². The van der Waals surface area contributed by atoms with Crippen molar-refractivity contribution >= 4 is 7.60 Å². The molecule has 1 aromatic rings. The smallest absolute Gasteiger partial charge is 0.353 e. The van der Waals surface area contributed by atoms with Crippen LogP contribution in [0.4, 0.5) is 0 Å². The fourth-order valence-corrected chi connectivity index (χ4v) is 3.22. The zero-order valence-electron chi connectivity index (χ0n) is 13.5. The molecule has 0 saturated heterocycles. The number of rotatable bonds is 9. The van der Waals surface area contributed by atoms with Crippen LogP contribution in [0.1, 0.15) is 25.8 Å². The highest BCUT2D eigenvalue weighted by Gasteiger charge is 2.19. The number of aromatic amines is 1. The molecule has 0 aliphatic heterocycles. The van der Waals surface area contributed by atoms with E-state index in [1.807, 2.05) is 0 Å². The molecule has 1 atom stereocenters. The Morgan fingerprint density at radius 2 is 1.96 bits per heavy atom. The molecular weight excluding hydrogens is 323 g/mol. The van der Waals surface area contributed by atoms with Gasteiger partial charge in [-0.15, -0.1) is 0 Å². The van der Waals surface area contributed by atoms with Gasteiger partial charge in [-0.1, -0.05) is 0 Å². The number of nitrogens with zero attached hydrogens (tertiary/aromatic N) is 1. The average Bonchev–Trinajstić information content (AvgIpc) is 2.48. The van der Waals surface area contributed by atoms with Gasteiger partial charge in [0.15, 0.2) is 0 Å². The Kier molecular flexibility index (Phi) is 7.64. The number of hydrogen-bond acceptors (Lipinski definition) is 6. The molecule has 0 spiro atoms. The van der Waals surface area contributed by atoms with Crippen LogP contribution >= 0.6 is 7.60 Å². The van der Waals surface area contributed by atoms with Crippen LogP contribution in [0.2, 0.25) is 0 Å². The summed E-state index contributed by atoms with van der Waals surface area (Å²) >= 11 is 0. The molecule has 1 aromatic heterocycles. The zero-order valence-corrected chi connectivity index (χ0v) is 14.4. The molecule has 0 aliphatic carbocycles. The molecule has 9 heteroatoms. The fraction of sp³-hybridized carbons (Fsp3) is 0.571. The van der Waals surface area contributed by atoms with E-state index >= 15 is 0 Å². The van der Waals surface area contributed by atoms with Gasteiger partial charge in [-0.25, -0.2) is 4.79 Å². The van der Waals surface area contributed by atoms with E-state index < -0.39 is 24.9 Å². The summed E-state index contributed by atoms with van der Waals surface area (Å²) in [6.07, 6.45) is 2.04. The summed E-state index contributed by atoms with van der Waals surface area (Å²) in [7, 11) is -3.35. The van der Waals surface area contributed by atoms with Gasteiger partial charge in [0, 0.05) is 24.1 Å². The van der Waals surface area contributed by atoms with Crippen molar-refractivity contribution in [2.24, 2.45) is 0 Å². The van der Waals surface area contributed by atoms with Crippen LogP contribution in [0.5, 0.6) is 0 Å². The Labute approximate surface area is 134 Å². The lowest BCUT2D eigenvalue weighted by Crippen LogP contribution is -2.31. The predicted molar refractivity (Wildman–Crippen MR) is 86.7 cm³/mol. The van der Waals surface area contributed by atoms with E-state index in [1.54, 1.807) is 20.8 Å². The van der Waals surface area contributed by atoms with E-state index in [9.17, 15) is 19.3 Å². The molecule has 0 radical (unpaired) electrons. The largest absolute Gasteiger partial charge is 0.389 e. The summed E-state index contributed by atoms with van der Waals surface area (Å²) < 4.78 is 23.6. The summed E-state index contributed by atoms with van der Waals surface area (Å²) in [5.74, 6) is 1.23. The molecule has 0 aromatic carbocycles. The van der Waals surface area contributed by atoms with Crippen molar-refractivity contribution in [1.82, 2.24) is 9.55 Å². The van der Waals surface area contributed by atoms with Crippen molar-refractivity contribution in [1.29, 1.82) is 0 Å². The van der Waals surface area contributed by atoms with Crippen LogP contribution in [0.3, 0.4) is 0 Å². The van der Waals surface area contributed by atoms with Crippen molar-refractivity contribution in [3.63, 3.8) is 0 Å². The number of aromatic nitrogens is 2. The topological polar surface area (TPSA) is 111 Å². The normalized spacial score (nSPS) is 13.6. The Balaban J connectivity index is 2.70. The number of nitrogens with one attached hydrogen (secondary N) is 1. The number of hydrogen-bond donors (Lipinski definition) is 2. The summed E-state index contributed by atoms with van der Waals surface area (Å²) in [5.41, 5.74) is -0.557. The Hall–Kier alpha value is -1.47. The summed E-state index contributed by atoms with van der Waals surface area (Å²) in [4.78, 5) is 25.1. The van der Waals surface area contributed by atoms with Gasteiger partial charge in [-0.2, -0.15) is 0 Å². The lowest BCUT2D eigenvalue weighted by molar-refractivity contribution is 0.202. The third-order valence-corrected chi connectivity index (χ3v) is 4.74. The minimum absolute atomic E-state index is 0.204. The van der Waals surface area contributed by atoms with Gasteiger partial charge < -0.3 is 18.7 Å². The van der Waals surface area contributed by atoms with Crippen molar-refractivity contribution in [3.05, 3.63) is 44.5 Å². The lowest BCUT2D eigenvalue weighted by atomic mass is 10.2. The molecule has 0 bridgehead atoms. The second kappa shape index (κ2) is 8.98. The van der Waals surface area contributed by atoms with E-state index in [2.05, 4.69) is 4.98 Å². The maximum Gasteiger partial charge on any atom is 0.353 e. The van der Waals surface area contributed by atoms with Gasteiger partial charge in [0.1, 0.15) is 0 Å². The second-order valence-corrected chi connectivity index (χ2v) is 6.73. The van der Waals surface area contributed by atoms with Crippen molar-refractivity contribution < 1.29 is 18.7 Å². The van der Waals surface area contributed by atoms with Gasteiger partial charge in [0.2, 0.25) is 0 Å². The van der Waals surface area contributed by atoms with Crippen LogP contribution < -0.4 is 11.2 Å². The highest BCUT2D eigenvalue weighted by molar-refractivity contribution is 7.57. The van der Waals surface area contributed by atoms with Crippen molar-refractivity contribution in [3.8, 4) is 0 Å². The zero-order chi connectivity index (χ0) is 17.5. The molecule has 0 fully saturated rings. The Morgan fingerprint density at radius 1 is 1.35 bits per heavy atom. The van der Waals surface area contributed by atoms with Crippen molar-refractivity contribution in [2.45, 2.75) is 39.8 Å². The molecule has 23 heavy (non-hydrogen) atoms. The third-order valence-electron chi connectivity index (χ3n) is 2.96. The van der Waals surface area contributed by atoms with E-state index in [0.717, 1.165) is 0 Å². The third kappa shape index (κ3) is 6.27. The van der Waals surface area contributed by atoms with Crippen LogP contribution in [-0.4, -0.2) is 34.0 Å². The molecule has 1 heterocycles. The molecule has 130 valence electrons. The molecule has 1 rings (SSSR count). The number of H-pyrrole nitrogens is 1. The van der Waals surface area contributed by atoms with Crippen LogP contribution in [0, 0.1) is 6.92 Å². The Bertz CT molecular complexity index is 683. The second-order valence-electron chi connectivity index (χ2n) is 4.84. The molecule has 8 nitrogen and oxygen atoms in total. The SMILES string of the molecule is CCOP(=O)(/C=C/[C@H](O)CCn1cc(C)c(=O)[nH]c1=O)OCC. The quantitative estimate of drug-likeness (QED) is 0.654. The maximum absolute atomic E-state index is 12.2. The molecular formula is C14H23N2O6P. The molecule has 0 amide bonds. The Morgan fingerprint density at radius 3 is 2.52 bits per heavy atom. The maximum atomic E-state index is 12.2. The first-order valence-electron chi connectivity index (χ1n) is 7.38. The van der Waals surface area contributed by atoms with Gasteiger partial charge >= 0.3 is 13.3 Å². The fourth-order valence-electron chi connectivity index (χ4n) is 1.84. The van der Waals surface area contributed by atoms with E-state index in [4.69, 9.17) is 9.05 Å². The summed E-state index contributed by atoms with van der Waals surface area (Å²) in [5, 5.41) is 9.92. The summed E-state index contributed by atoms with van der Waals surface area (Å²) in [6.45, 7) is 5.64. The lowest BCUT2D eigenvalue weighted by Gasteiger charge is -2.13. The van der Waals surface area contributed by atoms with E-state index in [1.165, 1.54) is 22.7 Å². The van der Waals surface area contributed by atoms with Crippen molar-refractivity contribution in [2.75, 3.05) is 13.2 Å². The highest BCUT2D eigenvalue weighted by Crippen LogP contribution is 2.49. The van der Waals surface area contributed by atoms with Crippen LogP contribution in [-0.2, 0) is 20.2 Å². The molecule has 0 aliphatic rings. The highest BCUT2D eigenvalue weighted by atomic mass is 31.2. The van der Waals surface area contributed by atoms with Gasteiger partial charge in [-0.3, -0.25) is 14.3 Å². The van der Waals surface area contributed by atoms with Gasteiger partial charge in [-0.05, 0) is 33.3 Å². The average molecular weight is 346 g/mol. The first kappa shape index (κ1) is 19.6. The number of aliphatic hydroxyl groups excluding tert-OH is 1. The molecule has 0 unspecified atom stereocenters. The minimum atomic E-state index is -3.35. The number of aryl methyl sites for hydroxylation is 2. The van der Waals surface area contributed by atoms with Crippen LogP contribution in [0.25, 0.3) is 0 Å². The van der Waals surface area contributed by atoms with Gasteiger partial charge in [0.05, 0.1) is 19.3 Å². The minimum Gasteiger partial charge on any atom is -0.389 e. The molecule has 0 saturated carbocycles.